The van der Waals surface area contributed by atoms with Gasteiger partial charge in [0.1, 0.15) is 0 Å². The lowest BCUT2D eigenvalue weighted by Gasteiger charge is -2.11. The largest absolute Gasteiger partial charge is 0.379 e. The Kier molecular flexibility index (Phi) is 3.94. The van der Waals surface area contributed by atoms with Gasteiger partial charge in [0.05, 0.1) is 6.21 Å². The fourth-order valence-corrected chi connectivity index (χ4v) is 1.43. The maximum absolute atomic E-state index is 11.6. The predicted octanol–water partition coefficient (Wildman–Crippen LogP) is 0.482. The van der Waals surface area contributed by atoms with Crippen LogP contribution in [-0.4, -0.2) is 36.5 Å². The third-order valence-corrected chi connectivity index (χ3v) is 2.52. The number of anilines is 2. The van der Waals surface area contributed by atoms with Crippen LogP contribution in [0.2, 0.25) is 0 Å². The van der Waals surface area contributed by atoms with Crippen molar-refractivity contribution in [2.45, 2.75) is 0 Å². The molecular weight excluding hydrogens is 260 g/mol. The Hall–Kier alpha value is -2.90. The summed E-state index contributed by atoms with van der Waals surface area (Å²) in [5, 5.41) is 10.5. The number of hydrazone groups is 1. The summed E-state index contributed by atoms with van der Waals surface area (Å²) in [7, 11) is 3.92. The molecule has 0 saturated carbocycles. The molecule has 0 radical (unpaired) electrons. The van der Waals surface area contributed by atoms with E-state index < -0.39 is 5.91 Å². The summed E-state index contributed by atoms with van der Waals surface area (Å²) in [5.74, 6) is -0.655. The molecule has 8 heteroatoms. The molecule has 1 aromatic carbocycles. The predicted molar refractivity (Wildman–Crippen MR) is 74.5 cm³/mol. The van der Waals surface area contributed by atoms with Gasteiger partial charge in [-0.25, -0.2) is 10.1 Å². The number of nitrogens with two attached hydrogens (primary N) is 1. The Bertz CT molecular complexity index is 617. The monoisotopic (exact) mass is 274 g/mol. The zero-order chi connectivity index (χ0) is 14.5. The van der Waals surface area contributed by atoms with Gasteiger partial charge in [-0.2, -0.15) is 5.10 Å². The Balaban J connectivity index is 1.96. The lowest BCUT2D eigenvalue weighted by molar-refractivity contribution is 0.0946. The average molecular weight is 274 g/mol. The first kappa shape index (κ1) is 13.5. The van der Waals surface area contributed by atoms with E-state index in [1.54, 1.807) is 0 Å². The first-order valence-corrected chi connectivity index (χ1v) is 5.77. The van der Waals surface area contributed by atoms with E-state index in [0.29, 0.717) is 0 Å². The normalized spacial score (nSPS) is 10.7. The molecule has 0 atom stereocenters. The van der Waals surface area contributed by atoms with E-state index in [1.807, 2.05) is 43.3 Å². The number of hydrogen-bond donors (Lipinski definition) is 2. The van der Waals surface area contributed by atoms with Crippen LogP contribution in [0.4, 0.5) is 11.5 Å². The van der Waals surface area contributed by atoms with Crippen molar-refractivity contribution in [3.8, 4) is 0 Å². The first-order valence-electron chi connectivity index (χ1n) is 5.77. The summed E-state index contributed by atoms with van der Waals surface area (Å²) in [6.45, 7) is 0. The van der Waals surface area contributed by atoms with Gasteiger partial charge in [0, 0.05) is 19.8 Å². The summed E-state index contributed by atoms with van der Waals surface area (Å²) in [5.41, 5.74) is 9.51. The number of nitrogens with zero attached hydrogens (tertiary/aromatic N) is 4. The molecule has 0 saturated heterocycles. The molecule has 1 amide bonds. The van der Waals surface area contributed by atoms with Gasteiger partial charge >= 0.3 is 0 Å². The van der Waals surface area contributed by atoms with Crippen molar-refractivity contribution < 1.29 is 9.42 Å². The summed E-state index contributed by atoms with van der Waals surface area (Å²) >= 11 is 0. The number of nitrogens with one attached hydrogen (secondary N) is 1. The second kappa shape index (κ2) is 5.83. The van der Waals surface area contributed by atoms with Gasteiger partial charge in [0.25, 0.3) is 5.91 Å². The molecule has 2 aromatic rings. The highest BCUT2D eigenvalue weighted by atomic mass is 16.6. The number of carbonyl (C=O) groups is 1. The summed E-state index contributed by atoms with van der Waals surface area (Å²) in [6, 6.07) is 7.67. The molecule has 0 unspecified atom stereocenters. The van der Waals surface area contributed by atoms with Crippen molar-refractivity contribution in [2.75, 3.05) is 24.7 Å². The van der Waals surface area contributed by atoms with Crippen molar-refractivity contribution in [3.63, 3.8) is 0 Å². The zero-order valence-electron chi connectivity index (χ0n) is 11.1. The summed E-state index contributed by atoms with van der Waals surface area (Å²) < 4.78 is 4.32. The molecule has 0 spiro atoms. The number of hydrogen-bond acceptors (Lipinski definition) is 7. The van der Waals surface area contributed by atoms with Gasteiger partial charge in [-0.05, 0) is 28.0 Å². The van der Waals surface area contributed by atoms with Crippen molar-refractivity contribution in [2.24, 2.45) is 5.10 Å². The van der Waals surface area contributed by atoms with Crippen LogP contribution in [-0.2, 0) is 0 Å². The second-order valence-electron chi connectivity index (χ2n) is 4.18. The lowest BCUT2D eigenvalue weighted by Crippen LogP contribution is -2.19. The van der Waals surface area contributed by atoms with Crippen LogP contribution in [0.25, 0.3) is 0 Å². The van der Waals surface area contributed by atoms with E-state index >= 15 is 0 Å². The van der Waals surface area contributed by atoms with Crippen molar-refractivity contribution >= 4 is 23.6 Å². The highest BCUT2D eigenvalue weighted by Crippen LogP contribution is 2.10. The standard InChI is InChI=1S/C12H14N6O2/c1-18(2)9-5-3-8(4-6-9)7-14-15-12(19)10-11(13)17-20-16-10/h3-7H,1-2H3,(H2,13,17)(H,15,19)/b14-7+. The molecule has 1 aromatic heterocycles. The highest BCUT2D eigenvalue weighted by molar-refractivity contribution is 5.96. The lowest BCUT2D eigenvalue weighted by atomic mass is 10.2. The number of nitrogen functional groups attached to an aromatic ring is 1. The Morgan fingerprint density at radius 1 is 1.35 bits per heavy atom. The number of aromatic nitrogens is 2. The average Bonchev–Trinajstić information content (AvgIpc) is 2.85. The molecule has 0 aliphatic heterocycles. The fraction of sp³-hybridized carbons (Fsp3) is 0.167. The minimum absolute atomic E-state index is 0.0759. The first-order chi connectivity index (χ1) is 9.58. The smallest absolute Gasteiger partial charge is 0.297 e. The Morgan fingerprint density at radius 3 is 2.60 bits per heavy atom. The molecule has 1 heterocycles. The molecule has 0 aliphatic rings. The van der Waals surface area contributed by atoms with E-state index in [2.05, 4.69) is 25.5 Å². The Morgan fingerprint density at radius 2 is 2.05 bits per heavy atom. The Labute approximate surface area is 115 Å². The van der Waals surface area contributed by atoms with E-state index in [-0.39, 0.29) is 11.5 Å². The number of carbonyl (C=O) groups excluding carboxylic acids is 1. The summed E-state index contributed by atoms with van der Waals surface area (Å²) in [6.07, 6.45) is 1.51. The maximum Gasteiger partial charge on any atom is 0.297 e. The molecule has 8 nitrogen and oxygen atoms in total. The maximum atomic E-state index is 11.6. The quantitative estimate of drug-likeness (QED) is 0.620. The number of benzene rings is 1. The third-order valence-electron chi connectivity index (χ3n) is 2.52. The van der Waals surface area contributed by atoms with E-state index in [9.17, 15) is 4.79 Å². The molecule has 0 fully saturated rings. The SMILES string of the molecule is CN(C)c1ccc(/C=N/NC(=O)c2nonc2N)cc1. The van der Waals surface area contributed by atoms with Gasteiger partial charge in [0.15, 0.2) is 0 Å². The molecular formula is C12H14N6O2. The summed E-state index contributed by atoms with van der Waals surface area (Å²) in [4.78, 5) is 13.6. The van der Waals surface area contributed by atoms with Crippen LogP contribution in [0, 0.1) is 0 Å². The van der Waals surface area contributed by atoms with E-state index in [0.717, 1.165) is 11.3 Å². The molecule has 104 valence electrons. The fourth-order valence-electron chi connectivity index (χ4n) is 1.43. The van der Waals surface area contributed by atoms with Crippen molar-refractivity contribution in [1.82, 2.24) is 15.7 Å². The molecule has 20 heavy (non-hydrogen) atoms. The highest BCUT2D eigenvalue weighted by Gasteiger charge is 2.14. The van der Waals surface area contributed by atoms with Crippen LogP contribution < -0.4 is 16.1 Å². The van der Waals surface area contributed by atoms with Crippen LogP contribution in [0.15, 0.2) is 34.0 Å². The van der Waals surface area contributed by atoms with Crippen molar-refractivity contribution in [3.05, 3.63) is 35.5 Å². The third kappa shape index (κ3) is 3.10. The molecule has 0 bridgehead atoms. The number of amides is 1. The number of rotatable bonds is 4. The van der Waals surface area contributed by atoms with Crippen LogP contribution in [0.5, 0.6) is 0 Å². The van der Waals surface area contributed by atoms with E-state index in [4.69, 9.17) is 5.73 Å². The van der Waals surface area contributed by atoms with Gasteiger partial charge in [-0.3, -0.25) is 4.79 Å². The van der Waals surface area contributed by atoms with E-state index in [1.165, 1.54) is 6.21 Å². The van der Waals surface area contributed by atoms with Gasteiger partial charge in [-0.15, -0.1) is 0 Å². The van der Waals surface area contributed by atoms with Crippen LogP contribution in [0.1, 0.15) is 16.1 Å². The van der Waals surface area contributed by atoms with Crippen LogP contribution >= 0.6 is 0 Å². The molecule has 0 aliphatic carbocycles. The zero-order valence-corrected chi connectivity index (χ0v) is 11.1. The topological polar surface area (TPSA) is 110 Å². The van der Waals surface area contributed by atoms with Gasteiger partial charge in [0.2, 0.25) is 11.5 Å². The second-order valence-corrected chi connectivity index (χ2v) is 4.18. The minimum atomic E-state index is -0.579. The van der Waals surface area contributed by atoms with Crippen LogP contribution in [0.3, 0.4) is 0 Å². The minimum Gasteiger partial charge on any atom is -0.379 e. The van der Waals surface area contributed by atoms with Gasteiger partial charge in [-0.1, -0.05) is 12.1 Å². The molecule has 3 N–H and O–H groups in total. The van der Waals surface area contributed by atoms with Gasteiger partial charge < -0.3 is 10.6 Å². The van der Waals surface area contributed by atoms with Crippen molar-refractivity contribution in [1.29, 1.82) is 0 Å². The molecule has 2 rings (SSSR count).